The van der Waals surface area contributed by atoms with Gasteiger partial charge in [-0.25, -0.2) is 9.59 Å². The maximum atomic E-state index is 13.0. The van der Waals surface area contributed by atoms with Crippen molar-refractivity contribution in [1.82, 2.24) is 9.80 Å². The highest BCUT2D eigenvalue weighted by Crippen LogP contribution is 2.70. The number of ether oxygens (including phenoxy) is 2. The SMILES string of the molecule is CCOC(=O)N1C(=O)C2C3CCC(C2C1=O)C1C2C(=O)N(C(=O)OCC)C(=O)C2C31. The maximum absolute atomic E-state index is 13.0. The van der Waals surface area contributed by atoms with E-state index in [1.165, 1.54) is 0 Å². The lowest BCUT2D eigenvalue weighted by Crippen LogP contribution is -2.65. The normalized spacial score (nSPS) is 40.7. The molecule has 0 N–H and O–H groups in total. The molecule has 4 saturated carbocycles. The summed E-state index contributed by atoms with van der Waals surface area (Å²) in [5.41, 5.74) is 0. The topological polar surface area (TPSA) is 127 Å². The van der Waals surface area contributed by atoms with E-state index >= 15 is 0 Å². The summed E-state index contributed by atoms with van der Waals surface area (Å²) in [6.45, 7) is 3.26. The van der Waals surface area contributed by atoms with Crippen molar-refractivity contribution < 1.29 is 38.2 Å². The molecule has 6 amide bonds. The zero-order valence-corrected chi connectivity index (χ0v) is 16.6. The van der Waals surface area contributed by atoms with Gasteiger partial charge < -0.3 is 9.47 Å². The molecule has 0 radical (unpaired) electrons. The number of rotatable bonds is 2. The van der Waals surface area contributed by atoms with E-state index in [1.807, 2.05) is 0 Å². The van der Waals surface area contributed by atoms with Gasteiger partial charge >= 0.3 is 12.2 Å². The van der Waals surface area contributed by atoms with Gasteiger partial charge in [-0.1, -0.05) is 0 Å². The second-order valence-corrected chi connectivity index (χ2v) is 8.58. The lowest BCUT2D eigenvalue weighted by atomic mass is 9.38. The summed E-state index contributed by atoms with van der Waals surface area (Å²) in [5.74, 6) is -6.03. The summed E-state index contributed by atoms with van der Waals surface area (Å²) in [6, 6.07) is 0. The van der Waals surface area contributed by atoms with Crippen molar-refractivity contribution in [3.8, 4) is 0 Å². The molecule has 0 spiro atoms. The van der Waals surface area contributed by atoms with Crippen molar-refractivity contribution in [2.24, 2.45) is 47.3 Å². The molecule has 30 heavy (non-hydrogen) atoms. The number of amides is 6. The monoisotopic (exact) mass is 418 g/mol. The molecule has 6 aliphatic rings. The molecule has 10 nitrogen and oxygen atoms in total. The van der Waals surface area contributed by atoms with Crippen molar-refractivity contribution in [2.75, 3.05) is 13.2 Å². The van der Waals surface area contributed by atoms with Crippen LogP contribution in [-0.2, 0) is 28.7 Å². The van der Waals surface area contributed by atoms with Crippen LogP contribution in [0.15, 0.2) is 0 Å². The Labute approximate surface area is 171 Å². The molecule has 10 heteroatoms. The van der Waals surface area contributed by atoms with Crippen molar-refractivity contribution in [3.63, 3.8) is 0 Å². The number of carbonyl (C=O) groups is 6. The van der Waals surface area contributed by atoms with Gasteiger partial charge in [0.1, 0.15) is 0 Å². The summed E-state index contributed by atoms with van der Waals surface area (Å²) >= 11 is 0. The van der Waals surface area contributed by atoms with E-state index in [4.69, 9.17) is 9.47 Å². The van der Waals surface area contributed by atoms with Crippen molar-refractivity contribution in [2.45, 2.75) is 26.7 Å². The summed E-state index contributed by atoms with van der Waals surface area (Å²) in [4.78, 5) is 77.3. The van der Waals surface area contributed by atoms with Gasteiger partial charge in [0.2, 0.25) is 23.6 Å². The Morgan fingerprint density at radius 1 is 0.700 bits per heavy atom. The van der Waals surface area contributed by atoms with E-state index in [-0.39, 0.29) is 36.9 Å². The van der Waals surface area contributed by atoms with Gasteiger partial charge in [0, 0.05) is 0 Å². The number of likely N-dealkylation sites (tertiary alicyclic amines) is 2. The van der Waals surface area contributed by atoms with Crippen LogP contribution in [0.2, 0.25) is 0 Å². The van der Waals surface area contributed by atoms with Crippen LogP contribution in [0.4, 0.5) is 9.59 Å². The highest BCUT2D eigenvalue weighted by molar-refractivity contribution is 6.18. The second-order valence-electron chi connectivity index (χ2n) is 8.58. The van der Waals surface area contributed by atoms with Gasteiger partial charge in [0.05, 0.1) is 36.9 Å². The predicted molar refractivity (Wildman–Crippen MR) is 94.9 cm³/mol. The molecule has 8 atom stereocenters. The van der Waals surface area contributed by atoms with Crippen LogP contribution in [0.1, 0.15) is 26.7 Å². The van der Waals surface area contributed by atoms with Crippen LogP contribution in [0, 0.1) is 47.3 Å². The molecule has 2 bridgehead atoms. The maximum Gasteiger partial charge on any atom is 0.423 e. The van der Waals surface area contributed by atoms with E-state index in [0.29, 0.717) is 22.6 Å². The third-order valence-corrected chi connectivity index (χ3v) is 7.72. The molecule has 2 saturated heterocycles. The van der Waals surface area contributed by atoms with E-state index in [1.54, 1.807) is 13.8 Å². The fourth-order valence-corrected chi connectivity index (χ4v) is 6.92. The molecule has 4 aliphatic carbocycles. The van der Waals surface area contributed by atoms with Crippen LogP contribution >= 0.6 is 0 Å². The van der Waals surface area contributed by atoms with Crippen LogP contribution < -0.4 is 0 Å². The standard InChI is InChI=1S/C20H22N2O8/c1-3-29-19(27)21-15(23)11-7-5-6-8(12(11)16(21)24)10-9(7)13-14(10)18(26)22(17(13)25)20(28)30-4-2/h7-14H,3-6H2,1-2H3. The summed E-state index contributed by atoms with van der Waals surface area (Å²) in [6.07, 6.45) is -0.638. The minimum Gasteiger partial charge on any atom is -0.449 e. The quantitative estimate of drug-likeness (QED) is 0.602. The highest BCUT2D eigenvalue weighted by atomic mass is 16.6. The lowest BCUT2D eigenvalue weighted by Gasteiger charge is -2.62. The molecular weight excluding hydrogens is 396 g/mol. The zero-order valence-electron chi connectivity index (χ0n) is 16.6. The Bertz CT molecular complexity index is 841. The van der Waals surface area contributed by atoms with Crippen molar-refractivity contribution in [1.29, 1.82) is 0 Å². The fourth-order valence-electron chi connectivity index (χ4n) is 6.92. The Balaban J connectivity index is 1.47. The first kappa shape index (κ1) is 19.2. The van der Waals surface area contributed by atoms with Gasteiger partial charge in [-0.3, -0.25) is 19.2 Å². The zero-order chi connectivity index (χ0) is 21.5. The molecule has 0 aromatic heterocycles. The van der Waals surface area contributed by atoms with Gasteiger partial charge in [-0.05, 0) is 50.4 Å². The average molecular weight is 418 g/mol. The molecule has 2 aliphatic heterocycles. The molecule has 6 rings (SSSR count). The van der Waals surface area contributed by atoms with E-state index in [0.717, 1.165) is 0 Å². The smallest absolute Gasteiger partial charge is 0.423 e. The van der Waals surface area contributed by atoms with Gasteiger partial charge in [0.15, 0.2) is 0 Å². The van der Waals surface area contributed by atoms with E-state index < -0.39 is 59.5 Å². The van der Waals surface area contributed by atoms with E-state index in [2.05, 4.69) is 0 Å². The molecular formula is C20H22N2O8. The van der Waals surface area contributed by atoms with Gasteiger partial charge in [0.25, 0.3) is 0 Å². The minimum atomic E-state index is -0.966. The molecule has 160 valence electrons. The Kier molecular flexibility index (Phi) is 4.07. The Morgan fingerprint density at radius 3 is 1.37 bits per heavy atom. The number of imide groups is 6. The number of hydrogen-bond acceptors (Lipinski definition) is 8. The summed E-state index contributed by atoms with van der Waals surface area (Å²) in [7, 11) is 0. The number of hydrogen-bond donors (Lipinski definition) is 0. The van der Waals surface area contributed by atoms with Crippen LogP contribution in [-0.4, -0.2) is 58.8 Å². The fraction of sp³-hybridized carbons (Fsp3) is 0.700. The minimum absolute atomic E-state index is 0.0418. The molecule has 0 aromatic carbocycles. The van der Waals surface area contributed by atoms with Crippen molar-refractivity contribution in [3.05, 3.63) is 0 Å². The third kappa shape index (κ3) is 2.09. The summed E-state index contributed by atoms with van der Waals surface area (Å²) in [5, 5.41) is 0. The molecule has 6 fully saturated rings. The highest BCUT2D eigenvalue weighted by Gasteiger charge is 2.77. The second kappa shape index (κ2) is 6.36. The number of fused-ring (bicyclic) bond motifs is 2. The van der Waals surface area contributed by atoms with E-state index in [9.17, 15) is 28.8 Å². The summed E-state index contributed by atoms with van der Waals surface area (Å²) < 4.78 is 9.75. The first-order valence-corrected chi connectivity index (χ1v) is 10.4. The first-order valence-electron chi connectivity index (χ1n) is 10.4. The number of carbonyl (C=O) groups excluding carboxylic acids is 6. The largest absolute Gasteiger partial charge is 0.449 e. The molecule has 8 unspecified atom stereocenters. The van der Waals surface area contributed by atoms with Crippen LogP contribution in [0.5, 0.6) is 0 Å². The van der Waals surface area contributed by atoms with Crippen LogP contribution in [0.25, 0.3) is 0 Å². The Hall–Kier alpha value is -2.78. The van der Waals surface area contributed by atoms with Crippen molar-refractivity contribution >= 4 is 35.8 Å². The lowest BCUT2D eigenvalue weighted by molar-refractivity contribution is -0.190. The first-order chi connectivity index (χ1) is 14.3. The van der Waals surface area contributed by atoms with Gasteiger partial charge in [-0.15, -0.1) is 0 Å². The molecule has 2 heterocycles. The van der Waals surface area contributed by atoms with Crippen LogP contribution in [0.3, 0.4) is 0 Å². The third-order valence-electron chi connectivity index (χ3n) is 7.72. The predicted octanol–water partition coefficient (Wildman–Crippen LogP) is 0.788. The Morgan fingerprint density at radius 2 is 1.03 bits per heavy atom. The average Bonchev–Trinajstić information content (AvgIpc) is 3.06. The van der Waals surface area contributed by atoms with Gasteiger partial charge in [-0.2, -0.15) is 9.80 Å². The molecule has 0 aromatic rings. The number of nitrogens with zero attached hydrogens (tertiary/aromatic N) is 2.